The molecule has 2 rings (SSSR count). The van der Waals surface area contributed by atoms with E-state index in [1.54, 1.807) is 18.2 Å². The highest BCUT2D eigenvalue weighted by molar-refractivity contribution is 7.93. The van der Waals surface area contributed by atoms with Crippen molar-refractivity contribution in [1.29, 1.82) is 0 Å². The highest BCUT2D eigenvalue weighted by Crippen LogP contribution is 2.33. The molecule has 0 heterocycles. The SMILES string of the molecule is CN(c1cc(Cl)ccc1N)S(=O)(=O)C1CCCC1. The van der Waals surface area contributed by atoms with E-state index in [4.69, 9.17) is 17.3 Å². The van der Waals surface area contributed by atoms with E-state index in [9.17, 15) is 8.42 Å². The Bertz CT molecular complexity index is 539. The number of hydrogen-bond acceptors (Lipinski definition) is 3. The van der Waals surface area contributed by atoms with Crippen LogP contribution in [-0.4, -0.2) is 20.7 Å². The summed E-state index contributed by atoms with van der Waals surface area (Å²) in [5, 5.41) is 0.188. The van der Waals surface area contributed by atoms with Crippen LogP contribution in [0.1, 0.15) is 25.7 Å². The highest BCUT2D eigenvalue weighted by atomic mass is 35.5. The number of rotatable bonds is 3. The third-order valence-electron chi connectivity index (χ3n) is 3.44. The molecule has 0 bridgehead atoms. The number of hydrogen-bond donors (Lipinski definition) is 1. The Morgan fingerprint density at radius 3 is 2.56 bits per heavy atom. The van der Waals surface area contributed by atoms with Gasteiger partial charge in [0.05, 0.1) is 16.6 Å². The maximum atomic E-state index is 12.4. The number of nitrogens with zero attached hydrogens (tertiary/aromatic N) is 1. The molecule has 1 aliphatic rings. The smallest absolute Gasteiger partial charge is 0.237 e. The lowest BCUT2D eigenvalue weighted by atomic mass is 10.3. The Morgan fingerprint density at radius 1 is 1.33 bits per heavy atom. The zero-order chi connectivity index (χ0) is 13.3. The van der Waals surface area contributed by atoms with Crippen molar-refractivity contribution in [3.8, 4) is 0 Å². The summed E-state index contributed by atoms with van der Waals surface area (Å²) in [4.78, 5) is 0. The first-order chi connectivity index (χ1) is 8.43. The molecule has 1 aliphatic carbocycles. The van der Waals surface area contributed by atoms with E-state index in [2.05, 4.69) is 0 Å². The van der Waals surface area contributed by atoms with Gasteiger partial charge >= 0.3 is 0 Å². The van der Waals surface area contributed by atoms with Crippen LogP contribution >= 0.6 is 11.6 Å². The van der Waals surface area contributed by atoms with Crippen LogP contribution in [0.2, 0.25) is 5.02 Å². The van der Waals surface area contributed by atoms with Crippen LogP contribution in [0.4, 0.5) is 11.4 Å². The summed E-state index contributed by atoms with van der Waals surface area (Å²) in [6.45, 7) is 0. The standard InChI is InChI=1S/C12H17ClN2O2S/c1-15(12-8-9(13)6-7-11(12)14)18(16,17)10-4-2-3-5-10/h6-8,10H,2-5,14H2,1H3. The number of nitrogen functional groups attached to an aromatic ring is 1. The fraction of sp³-hybridized carbons (Fsp3) is 0.500. The molecule has 2 N–H and O–H groups in total. The Balaban J connectivity index is 2.35. The molecule has 4 nitrogen and oxygen atoms in total. The number of benzene rings is 1. The van der Waals surface area contributed by atoms with Gasteiger partial charge in [-0.25, -0.2) is 8.42 Å². The number of sulfonamides is 1. The van der Waals surface area contributed by atoms with E-state index < -0.39 is 10.0 Å². The lowest BCUT2D eigenvalue weighted by molar-refractivity contribution is 0.578. The third kappa shape index (κ3) is 2.42. The molecule has 0 atom stereocenters. The zero-order valence-electron chi connectivity index (χ0n) is 10.3. The van der Waals surface area contributed by atoms with Gasteiger partial charge < -0.3 is 5.73 Å². The summed E-state index contributed by atoms with van der Waals surface area (Å²) in [7, 11) is -1.80. The minimum Gasteiger partial charge on any atom is -0.397 e. The average Bonchev–Trinajstić information content (AvgIpc) is 2.85. The van der Waals surface area contributed by atoms with Crippen molar-refractivity contribution < 1.29 is 8.42 Å². The lowest BCUT2D eigenvalue weighted by Gasteiger charge is -2.24. The first kappa shape index (κ1) is 13.5. The van der Waals surface area contributed by atoms with Gasteiger partial charge in [0.15, 0.2) is 0 Å². The molecular formula is C12H17ClN2O2S. The van der Waals surface area contributed by atoms with Crippen LogP contribution < -0.4 is 10.0 Å². The van der Waals surface area contributed by atoms with Crippen molar-refractivity contribution in [1.82, 2.24) is 0 Å². The van der Waals surface area contributed by atoms with Crippen LogP contribution in [0.15, 0.2) is 18.2 Å². The van der Waals surface area contributed by atoms with Crippen molar-refractivity contribution in [3.05, 3.63) is 23.2 Å². The summed E-state index contributed by atoms with van der Waals surface area (Å²) < 4.78 is 26.1. The van der Waals surface area contributed by atoms with Gasteiger partial charge in [-0.3, -0.25) is 4.31 Å². The molecule has 1 saturated carbocycles. The minimum absolute atomic E-state index is 0.291. The minimum atomic E-state index is -3.34. The maximum Gasteiger partial charge on any atom is 0.237 e. The van der Waals surface area contributed by atoms with Gasteiger partial charge in [0.1, 0.15) is 0 Å². The van der Waals surface area contributed by atoms with Gasteiger partial charge in [0, 0.05) is 12.1 Å². The molecule has 18 heavy (non-hydrogen) atoms. The number of nitrogens with two attached hydrogens (primary N) is 1. The molecule has 100 valence electrons. The van der Waals surface area contributed by atoms with Crippen LogP contribution in [-0.2, 0) is 10.0 Å². The Labute approximate surface area is 113 Å². The Morgan fingerprint density at radius 2 is 1.94 bits per heavy atom. The van der Waals surface area contributed by atoms with Crippen molar-refractivity contribution in [2.45, 2.75) is 30.9 Å². The second-order valence-electron chi connectivity index (χ2n) is 4.62. The molecule has 0 aliphatic heterocycles. The molecule has 0 unspecified atom stereocenters. The summed E-state index contributed by atoms with van der Waals surface area (Å²) >= 11 is 5.89. The van der Waals surface area contributed by atoms with Gasteiger partial charge in [-0.1, -0.05) is 24.4 Å². The summed E-state index contributed by atoms with van der Waals surface area (Å²) in [5.74, 6) is 0. The summed E-state index contributed by atoms with van der Waals surface area (Å²) in [6, 6.07) is 4.86. The molecule has 1 aromatic rings. The predicted octanol–water partition coefficient (Wildman–Crippen LogP) is 2.63. The third-order valence-corrected chi connectivity index (χ3v) is 5.95. The van der Waals surface area contributed by atoms with E-state index in [1.165, 1.54) is 11.4 Å². The van der Waals surface area contributed by atoms with E-state index in [0.29, 0.717) is 16.4 Å². The van der Waals surface area contributed by atoms with Gasteiger partial charge in [-0.05, 0) is 31.0 Å². The van der Waals surface area contributed by atoms with Crippen molar-refractivity contribution >= 4 is 33.0 Å². The Kier molecular flexibility index (Phi) is 3.73. The predicted molar refractivity (Wildman–Crippen MR) is 75.4 cm³/mol. The lowest BCUT2D eigenvalue weighted by Crippen LogP contribution is -2.35. The summed E-state index contributed by atoms with van der Waals surface area (Å²) in [5.41, 5.74) is 6.69. The van der Waals surface area contributed by atoms with Gasteiger partial charge in [0.2, 0.25) is 10.0 Å². The fourth-order valence-electron chi connectivity index (χ4n) is 2.34. The van der Waals surface area contributed by atoms with E-state index >= 15 is 0 Å². The van der Waals surface area contributed by atoms with E-state index in [-0.39, 0.29) is 5.25 Å². The van der Waals surface area contributed by atoms with Crippen LogP contribution in [0.5, 0.6) is 0 Å². The molecule has 0 aromatic heterocycles. The molecule has 0 saturated heterocycles. The molecule has 1 aromatic carbocycles. The van der Waals surface area contributed by atoms with E-state index in [1.807, 2.05) is 0 Å². The molecule has 0 spiro atoms. The van der Waals surface area contributed by atoms with Crippen molar-refractivity contribution in [2.75, 3.05) is 17.1 Å². The van der Waals surface area contributed by atoms with Gasteiger partial charge in [-0.15, -0.1) is 0 Å². The van der Waals surface area contributed by atoms with Gasteiger partial charge in [-0.2, -0.15) is 0 Å². The average molecular weight is 289 g/mol. The molecular weight excluding hydrogens is 272 g/mol. The first-order valence-electron chi connectivity index (χ1n) is 5.95. The Hall–Kier alpha value is -0.940. The highest BCUT2D eigenvalue weighted by Gasteiger charge is 2.33. The molecule has 1 fully saturated rings. The normalized spacial score (nSPS) is 17.0. The number of anilines is 2. The zero-order valence-corrected chi connectivity index (χ0v) is 11.8. The largest absolute Gasteiger partial charge is 0.397 e. The molecule has 0 amide bonds. The summed E-state index contributed by atoms with van der Waals surface area (Å²) in [6.07, 6.45) is 3.41. The molecule has 0 radical (unpaired) electrons. The monoisotopic (exact) mass is 288 g/mol. The van der Waals surface area contributed by atoms with Crippen molar-refractivity contribution in [2.24, 2.45) is 0 Å². The van der Waals surface area contributed by atoms with E-state index in [0.717, 1.165) is 25.7 Å². The van der Waals surface area contributed by atoms with Crippen LogP contribution in [0.3, 0.4) is 0 Å². The topological polar surface area (TPSA) is 63.4 Å². The van der Waals surface area contributed by atoms with Crippen molar-refractivity contribution in [3.63, 3.8) is 0 Å². The number of halogens is 1. The maximum absolute atomic E-state index is 12.4. The van der Waals surface area contributed by atoms with Gasteiger partial charge in [0.25, 0.3) is 0 Å². The first-order valence-corrected chi connectivity index (χ1v) is 7.84. The van der Waals surface area contributed by atoms with Crippen LogP contribution in [0, 0.1) is 0 Å². The second kappa shape index (κ2) is 4.97. The quantitative estimate of drug-likeness (QED) is 0.870. The second-order valence-corrected chi connectivity index (χ2v) is 7.30. The van der Waals surface area contributed by atoms with Crippen LogP contribution in [0.25, 0.3) is 0 Å². The fourth-order valence-corrected chi connectivity index (χ4v) is 4.31. The molecule has 6 heteroatoms.